The molecular formula is C27H42N2O5S. The molecule has 0 saturated heterocycles. The third kappa shape index (κ3) is 4.89. The number of allylic oxidation sites excluding steroid dienone is 2. The van der Waals surface area contributed by atoms with Crippen molar-refractivity contribution in [3.05, 3.63) is 11.6 Å². The Balaban J connectivity index is 1.37. The first kappa shape index (κ1) is 26.5. The van der Waals surface area contributed by atoms with Crippen molar-refractivity contribution in [2.75, 3.05) is 18.6 Å². The van der Waals surface area contributed by atoms with Crippen molar-refractivity contribution in [1.82, 2.24) is 5.32 Å². The molecule has 3 N–H and O–H groups in total. The van der Waals surface area contributed by atoms with Crippen LogP contribution in [0.1, 0.15) is 78.6 Å². The lowest BCUT2D eigenvalue weighted by Gasteiger charge is -2.59. The highest BCUT2D eigenvalue weighted by Crippen LogP contribution is 2.67. The van der Waals surface area contributed by atoms with Crippen LogP contribution in [0, 0.1) is 28.6 Å². The molecule has 7 atom stereocenters. The van der Waals surface area contributed by atoms with E-state index in [0.29, 0.717) is 29.9 Å². The van der Waals surface area contributed by atoms with Gasteiger partial charge in [-0.25, -0.2) is 4.79 Å². The maximum atomic E-state index is 12.2. The van der Waals surface area contributed by atoms with Gasteiger partial charge in [-0.3, -0.25) is 4.79 Å². The summed E-state index contributed by atoms with van der Waals surface area (Å²) in [6.07, 6.45) is 12.9. The lowest BCUT2D eigenvalue weighted by molar-refractivity contribution is -0.142. The van der Waals surface area contributed by atoms with Gasteiger partial charge in [-0.1, -0.05) is 24.6 Å². The Morgan fingerprint density at radius 3 is 2.63 bits per heavy atom. The maximum Gasteiger partial charge on any atom is 0.326 e. The van der Waals surface area contributed by atoms with Gasteiger partial charge in [-0.05, 0) is 111 Å². The number of fused-ring (bicyclic) bond motifs is 5. The van der Waals surface area contributed by atoms with Crippen molar-refractivity contribution >= 4 is 29.4 Å². The van der Waals surface area contributed by atoms with E-state index in [1.165, 1.54) is 18.4 Å². The quantitative estimate of drug-likeness (QED) is 0.421. The largest absolute Gasteiger partial charge is 0.480 e. The van der Waals surface area contributed by atoms with Crippen LogP contribution in [0.4, 0.5) is 0 Å². The number of nitrogens with one attached hydrogen (secondary N) is 1. The summed E-state index contributed by atoms with van der Waals surface area (Å²) in [5.41, 5.74) is 1.98. The lowest BCUT2D eigenvalue weighted by Crippen LogP contribution is -2.53. The zero-order valence-electron chi connectivity index (χ0n) is 21.6. The SMILES string of the molecule is CSCCC(NC(=O)CON=C1C=C2CC[C@@H]3[C@H](CC[C@@]4(C)[C@H]3CC[C@]4(C)O)[C@@]2(C)CC1)C(=O)O. The molecule has 0 aliphatic heterocycles. The number of hydrogen-bond acceptors (Lipinski definition) is 6. The van der Waals surface area contributed by atoms with E-state index in [9.17, 15) is 19.8 Å². The molecule has 0 bridgehead atoms. The van der Waals surface area contributed by atoms with Crippen molar-refractivity contribution in [3.63, 3.8) is 0 Å². The fourth-order valence-corrected chi connectivity index (χ4v) is 8.26. The number of hydrogen-bond donors (Lipinski definition) is 3. The van der Waals surface area contributed by atoms with E-state index >= 15 is 0 Å². The number of amides is 1. The molecule has 0 aromatic heterocycles. The van der Waals surface area contributed by atoms with Gasteiger partial charge in [-0.15, -0.1) is 0 Å². The normalized spacial score (nSPS) is 40.2. The van der Waals surface area contributed by atoms with Crippen molar-refractivity contribution in [1.29, 1.82) is 0 Å². The molecule has 35 heavy (non-hydrogen) atoms. The van der Waals surface area contributed by atoms with Gasteiger partial charge in [0.25, 0.3) is 5.91 Å². The minimum absolute atomic E-state index is 0.0382. The van der Waals surface area contributed by atoms with Crippen LogP contribution in [-0.4, -0.2) is 58.1 Å². The first-order valence-electron chi connectivity index (χ1n) is 13.2. The second kappa shape index (κ2) is 10.1. The fourth-order valence-electron chi connectivity index (χ4n) is 7.79. The number of aliphatic carboxylic acids is 1. The van der Waals surface area contributed by atoms with Gasteiger partial charge in [0.15, 0.2) is 6.61 Å². The Hall–Kier alpha value is -1.54. The van der Waals surface area contributed by atoms with Crippen LogP contribution < -0.4 is 5.32 Å². The Morgan fingerprint density at radius 2 is 1.91 bits per heavy atom. The minimum Gasteiger partial charge on any atom is -0.480 e. The summed E-state index contributed by atoms with van der Waals surface area (Å²) in [5.74, 6) is 1.10. The minimum atomic E-state index is -1.03. The molecule has 4 aliphatic carbocycles. The van der Waals surface area contributed by atoms with E-state index in [4.69, 9.17) is 4.84 Å². The maximum absolute atomic E-state index is 12.2. The highest BCUT2D eigenvalue weighted by molar-refractivity contribution is 7.98. The van der Waals surface area contributed by atoms with E-state index in [0.717, 1.165) is 44.2 Å². The first-order chi connectivity index (χ1) is 16.5. The van der Waals surface area contributed by atoms with Crippen molar-refractivity contribution in [3.8, 4) is 0 Å². The Kier molecular flexibility index (Phi) is 7.64. The third-order valence-corrected chi connectivity index (χ3v) is 10.8. The van der Waals surface area contributed by atoms with Crippen molar-refractivity contribution < 1.29 is 24.6 Å². The average molecular weight is 507 g/mol. The standard InChI is InChI=1S/C27H42N2O5S/c1-25-11-7-18(29-34-16-23(30)28-22(24(31)32)10-14-35-4)15-17(25)5-6-19-20(25)8-12-26(2)21(19)9-13-27(26,3)33/h15,19-22,33H,5-14,16H2,1-4H3,(H,28,30)(H,31,32)/t19-,20+,21+,22?,25+,26+,27+/m1/s1. The summed E-state index contributed by atoms with van der Waals surface area (Å²) in [4.78, 5) is 28.8. The fraction of sp³-hybridized carbons (Fsp3) is 0.815. The summed E-state index contributed by atoms with van der Waals surface area (Å²) >= 11 is 1.55. The van der Waals surface area contributed by atoms with E-state index in [1.54, 1.807) is 11.8 Å². The second-order valence-corrected chi connectivity index (χ2v) is 12.9. The molecule has 0 aromatic carbocycles. The van der Waals surface area contributed by atoms with Crippen LogP contribution in [0.3, 0.4) is 0 Å². The summed E-state index contributed by atoms with van der Waals surface area (Å²) in [7, 11) is 0. The second-order valence-electron chi connectivity index (χ2n) is 11.9. The molecule has 3 fully saturated rings. The number of nitrogens with zero attached hydrogens (tertiary/aromatic N) is 1. The highest BCUT2D eigenvalue weighted by Gasteiger charge is 2.62. The number of rotatable bonds is 8. The van der Waals surface area contributed by atoms with E-state index in [1.807, 2.05) is 6.26 Å². The zero-order chi connectivity index (χ0) is 25.4. The van der Waals surface area contributed by atoms with Gasteiger partial charge in [0, 0.05) is 0 Å². The molecule has 1 unspecified atom stereocenters. The Morgan fingerprint density at radius 1 is 1.17 bits per heavy atom. The van der Waals surface area contributed by atoms with Crippen molar-refractivity contribution in [2.45, 2.75) is 90.2 Å². The molecular weight excluding hydrogens is 464 g/mol. The van der Waals surface area contributed by atoms with Crippen LogP contribution in [0.2, 0.25) is 0 Å². The third-order valence-electron chi connectivity index (χ3n) is 10.2. The predicted octanol–water partition coefficient (Wildman–Crippen LogP) is 4.40. The lowest BCUT2D eigenvalue weighted by atomic mass is 9.46. The smallest absolute Gasteiger partial charge is 0.326 e. The van der Waals surface area contributed by atoms with Crippen LogP contribution >= 0.6 is 11.8 Å². The first-order valence-corrected chi connectivity index (χ1v) is 14.5. The molecule has 0 heterocycles. The van der Waals surface area contributed by atoms with E-state index in [2.05, 4.69) is 37.3 Å². The number of carbonyl (C=O) groups is 2. The zero-order valence-corrected chi connectivity index (χ0v) is 22.5. The summed E-state index contributed by atoms with van der Waals surface area (Å²) in [6.45, 7) is 6.53. The number of carboxylic acid groups (broad SMARTS) is 1. The van der Waals surface area contributed by atoms with E-state index in [-0.39, 0.29) is 17.4 Å². The molecule has 196 valence electrons. The van der Waals surface area contributed by atoms with Crippen LogP contribution in [0.5, 0.6) is 0 Å². The van der Waals surface area contributed by atoms with Crippen LogP contribution in [-0.2, 0) is 14.4 Å². The van der Waals surface area contributed by atoms with Gasteiger partial charge in [0.2, 0.25) is 0 Å². The van der Waals surface area contributed by atoms with Gasteiger partial charge in [-0.2, -0.15) is 11.8 Å². The molecule has 1 amide bonds. The Bertz CT molecular complexity index is 902. The van der Waals surface area contributed by atoms with Crippen LogP contribution in [0.25, 0.3) is 0 Å². The molecule has 7 nitrogen and oxygen atoms in total. The number of oxime groups is 1. The van der Waals surface area contributed by atoms with E-state index < -0.39 is 23.5 Å². The predicted molar refractivity (Wildman–Crippen MR) is 138 cm³/mol. The molecule has 3 saturated carbocycles. The van der Waals surface area contributed by atoms with Gasteiger partial charge >= 0.3 is 5.97 Å². The summed E-state index contributed by atoms with van der Waals surface area (Å²) < 4.78 is 0. The number of carbonyl (C=O) groups excluding carboxylic acids is 1. The summed E-state index contributed by atoms with van der Waals surface area (Å²) in [5, 5.41) is 27.1. The molecule has 4 aliphatic rings. The molecule has 0 aromatic rings. The topological polar surface area (TPSA) is 108 Å². The number of aliphatic hydroxyl groups is 1. The molecule has 4 rings (SSSR count). The Labute approximate surface area is 213 Å². The molecule has 8 heteroatoms. The average Bonchev–Trinajstić information content (AvgIpc) is 3.05. The molecule has 0 spiro atoms. The monoisotopic (exact) mass is 506 g/mol. The number of carboxylic acids is 1. The molecule has 0 radical (unpaired) electrons. The number of thioether (sulfide) groups is 1. The summed E-state index contributed by atoms with van der Waals surface area (Å²) in [6, 6.07) is -0.903. The van der Waals surface area contributed by atoms with Gasteiger partial charge < -0.3 is 20.4 Å². The highest BCUT2D eigenvalue weighted by atomic mass is 32.2. The van der Waals surface area contributed by atoms with Gasteiger partial charge in [0.1, 0.15) is 6.04 Å². The van der Waals surface area contributed by atoms with Crippen molar-refractivity contribution in [2.24, 2.45) is 33.7 Å². The van der Waals surface area contributed by atoms with Crippen LogP contribution in [0.15, 0.2) is 16.8 Å². The van der Waals surface area contributed by atoms with Gasteiger partial charge in [0.05, 0.1) is 11.3 Å².